The summed E-state index contributed by atoms with van der Waals surface area (Å²) in [7, 11) is 0.0504. The molecule has 0 unspecified atom stereocenters. The Balaban J connectivity index is 2.49. The number of likely N-dealkylation sites (N-methyl/N-ethyl adjacent to an activating group) is 1. The fourth-order valence-corrected chi connectivity index (χ4v) is 5.59. The standard InChI is InChI=1S/C18H28N2O4S/c1-12-8-13(2)17(14(3)9-12)25(23,24)20-10-15(18(21)22)6-7-16(11-20)19(4)5/h8-9,15-16H,6-7,10-11H2,1-5H3,(H,21,22)/t15-,16+/m0/s1. The summed E-state index contributed by atoms with van der Waals surface area (Å²) in [5.41, 5.74) is 2.42. The molecule has 0 spiro atoms. The van der Waals surface area contributed by atoms with Crippen molar-refractivity contribution >= 4 is 16.0 Å². The number of rotatable bonds is 4. The normalized spacial score (nSPS) is 22.8. The maximum Gasteiger partial charge on any atom is 0.307 e. The minimum absolute atomic E-state index is 0.00480. The number of carboxylic acid groups (broad SMARTS) is 1. The van der Waals surface area contributed by atoms with Gasteiger partial charge in [-0.15, -0.1) is 0 Å². The first-order chi connectivity index (χ1) is 11.5. The van der Waals surface area contributed by atoms with E-state index in [1.165, 1.54) is 4.31 Å². The van der Waals surface area contributed by atoms with Gasteiger partial charge in [0.25, 0.3) is 0 Å². The molecule has 1 heterocycles. The average Bonchev–Trinajstić information content (AvgIpc) is 2.69. The Morgan fingerprint density at radius 1 is 1.12 bits per heavy atom. The maximum atomic E-state index is 13.3. The predicted octanol–water partition coefficient (Wildman–Crippen LogP) is 2.03. The van der Waals surface area contributed by atoms with Crippen LogP contribution in [-0.2, 0) is 14.8 Å². The highest BCUT2D eigenvalue weighted by molar-refractivity contribution is 7.89. The first-order valence-electron chi connectivity index (χ1n) is 8.51. The van der Waals surface area contributed by atoms with Gasteiger partial charge in [-0.05, 0) is 58.8 Å². The van der Waals surface area contributed by atoms with Crippen LogP contribution in [0.2, 0.25) is 0 Å². The molecule has 7 heteroatoms. The van der Waals surface area contributed by atoms with E-state index in [4.69, 9.17) is 0 Å². The fraction of sp³-hybridized carbons (Fsp3) is 0.611. The van der Waals surface area contributed by atoms with E-state index in [-0.39, 0.29) is 12.6 Å². The first kappa shape index (κ1) is 19.9. The van der Waals surface area contributed by atoms with Gasteiger partial charge in [0.2, 0.25) is 10.0 Å². The summed E-state index contributed by atoms with van der Waals surface area (Å²) in [5.74, 6) is -1.61. The van der Waals surface area contributed by atoms with Gasteiger partial charge < -0.3 is 10.0 Å². The predicted molar refractivity (Wildman–Crippen MR) is 97.2 cm³/mol. The van der Waals surface area contributed by atoms with Crippen molar-refractivity contribution in [1.82, 2.24) is 9.21 Å². The zero-order chi connectivity index (χ0) is 18.9. The van der Waals surface area contributed by atoms with E-state index < -0.39 is 21.9 Å². The zero-order valence-corrected chi connectivity index (χ0v) is 16.4. The number of aryl methyl sites for hydroxylation is 3. The van der Waals surface area contributed by atoms with Gasteiger partial charge in [0, 0.05) is 19.1 Å². The van der Waals surface area contributed by atoms with Gasteiger partial charge in [0.05, 0.1) is 10.8 Å². The average molecular weight is 368 g/mol. The van der Waals surface area contributed by atoms with Gasteiger partial charge in [-0.2, -0.15) is 4.31 Å². The molecule has 1 fully saturated rings. The van der Waals surface area contributed by atoms with E-state index in [1.54, 1.807) is 13.8 Å². The van der Waals surface area contributed by atoms with E-state index in [9.17, 15) is 18.3 Å². The topological polar surface area (TPSA) is 77.9 Å². The van der Waals surface area contributed by atoms with Crippen molar-refractivity contribution in [1.29, 1.82) is 0 Å². The Kier molecular flexibility index (Phi) is 5.91. The number of aliphatic carboxylic acids is 1. The summed E-state index contributed by atoms with van der Waals surface area (Å²) in [6.45, 7) is 5.86. The molecule has 25 heavy (non-hydrogen) atoms. The summed E-state index contributed by atoms with van der Waals surface area (Å²) in [6, 6.07) is 3.72. The third-order valence-electron chi connectivity index (χ3n) is 4.97. The van der Waals surface area contributed by atoms with Gasteiger partial charge >= 0.3 is 5.97 Å². The Bertz CT molecular complexity index is 735. The van der Waals surface area contributed by atoms with Crippen LogP contribution in [-0.4, -0.2) is 61.9 Å². The third kappa shape index (κ3) is 4.22. The summed E-state index contributed by atoms with van der Waals surface area (Å²) < 4.78 is 28.1. The molecule has 1 saturated heterocycles. The van der Waals surface area contributed by atoms with Crippen molar-refractivity contribution in [3.63, 3.8) is 0 Å². The number of nitrogens with zero attached hydrogens (tertiary/aromatic N) is 2. The monoisotopic (exact) mass is 368 g/mol. The Labute approximate surface area is 150 Å². The van der Waals surface area contributed by atoms with E-state index in [1.807, 2.05) is 38.1 Å². The van der Waals surface area contributed by atoms with Gasteiger partial charge in [0.15, 0.2) is 0 Å². The summed E-state index contributed by atoms with van der Waals surface area (Å²) in [6.07, 6.45) is 1.15. The van der Waals surface area contributed by atoms with Crippen LogP contribution in [0.3, 0.4) is 0 Å². The van der Waals surface area contributed by atoms with Crippen LogP contribution in [0.5, 0.6) is 0 Å². The largest absolute Gasteiger partial charge is 0.481 e. The number of carboxylic acids is 1. The number of hydrogen-bond donors (Lipinski definition) is 1. The molecule has 0 aliphatic carbocycles. The smallest absolute Gasteiger partial charge is 0.307 e. The molecule has 1 aliphatic heterocycles. The summed E-state index contributed by atoms with van der Waals surface area (Å²) >= 11 is 0. The van der Waals surface area contributed by atoms with Crippen LogP contribution in [0.1, 0.15) is 29.5 Å². The molecule has 2 atom stereocenters. The van der Waals surface area contributed by atoms with Crippen molar-refractivity contribution in [3.05, 3.63) is 28.8 Å². The Morgan fingerprint density at radius 3 is 2.16 bits per heavy atom. The molecule has 1 N–H and O–H groups in total. The molecule has 0 radical (unpaired) electrons. The molecular formula is C18H28N2O4S. The first-order valence-corrected chi connectivity index (χ1v) is 9.95. The van der Waals surface area contributed by atoms with Crippen molar-refractivity contribution in [2.75, 3.05) is 27.2 Å². The molecular weight excluding hydrogens is 340 g/mol. The second kappa shape index (κ2) is 7.43. The van der Waals surface area contributed by atoms with Crippen LogP contribution in [0, 0.1) is 26.7 Å². The lowest BCUT2D eigenvalue weighted by atomic mass is 10.0. The lowest BCUT2D eigenvalue weighted by Crippen LogP contribution is -2.43. The van der Waals surface area contributed by atoms with E-state index in [0.29, 0.717) is 35.4 Å². The molecule has 0 amide bonds. The minimum atomic E-state index is -3.75. The highest BCUT2D eigenvalue weighted by Gasteiger charge is 2.36. The van der Waals surface area contributed by atoms with E-state index in [2.05, 4.69) is 0 Å². The Hall–Kier alpha value is -1.44. The van der Waals surface area contributed by atoms with Gasteiger partial charge in [0.1, 0.15) is 0 Å². The van der Waals surface area contributed by atoms with Crippen LogP contribution in [0.25, 0.3) is 0 Å². The highest BCUT2D eigenvalue weighted by atomic mass is 32.2. The zero-order valence-electron chi connectivity index (χ0n) is 15.6. The third-order valence-corrected chi connectivity index (χ3v) is 7.11. The number of benzene rings is 1. The molecule has 2 rings (SSSR count). The lowest BCUT2D eigenvalue weighted by molar-refractivity contribution is -0.142. The molecule has 1 aliphatic rings. The van der Waals surface area contributed by atoms with Crippen LogP contribution < -0.4 is 0 Å². The number of hydrogen-bond acceptors (Lipinski definition) is 4. The molecule has 1 aromatic carbocycles. The summed E-state index contributed by atoms with van der Waals surface area (Å²) in [5, 5.41) is 9.45. The molecule has 140 valence electrons. The van der Waals surface area contributed by atoms with Gasteiger partial charge in [-0.1, -0.05) is 17.7 Å². The maximum absolute atomic E-state index is 13.3. The molecule has 6 nitrogen and oxygen atoms in total. The SMILES string of the molecule is Cc1cc(C)c(S(=O)(=O)N2C[C@@H](C(=O)O)CC[C@@H](N(C)C)C2)c(C)c1. The van der Waals surface area contributed by atoms with Crippen molar-refractivity contribution in [2.24, 2.45) is 5.92 Å². The minimum Gasteiger partial charge on any atom is -0.481 e. The summed E-state index contributed by atoms with van der Waals surface area (Å²) in [4.78, 5) is 13.8. The van der Waals surface area contributed by atoms with Crippen molar-refractivity contribution in [2.45, 2.75) is 44.6 Å². The van der Waals surface area contributed by atoms with E-state index >= 15 is 0 Å². The molecule has 0 bridgehead atoms. The van der Waals surface area contributed by atoms with Crippen LogP contribution >= 0.6 is 0 Å². The van der Waals surface area contributed by atoms with Crippen LogP contribution in [0.4, 0.5) is 0 Å². The van der Waals surface area contributed by atoms with Crippen LogP contribution in [0.15, 0.2) is 17.0 Å². The lowest BCUT2D eigenvalue weighted by Gasteiger charge is -2.29. The number of carbonyl (C=O) groups is 1. The van der Waals surface area contributed by atoms with Gasteiger partial charge in [-0.3, -0.25) is 4.79 Å². The Morgan fingerprint density at radius 2 is 1.68 bits per heavy atom. The van der Waals surface area contributed by atoms with Gasteiger partial charge in [-0.25, -0.2) is 8.42 Å². The number of sulfonamides is 1. The molecule has 0 aromatic heterocycles. The second-order valence-electron chi connectivity index (χ2n) is 7.28. The molecule has 1 aromatic rings. The van der Waals surface area contributed by atoms with Crippen molar-refractivity contribution in [3.8, 4) is 0 Å². The fourth-order valence-electron chi connectivity index (χ4n) is 3.65. The second-order valence-corrected chi connectivity index (χ2v) is 9.15. The van der Waals surface area contributed by atoms with Crippen molar-refractivity contribution < 1.29 is 18.3 Å². The van der Waals surface area contributed by atoms with E-state index in [0.717, 1.165) is 5.56 Å². The highest BCUT2D eigenvalue weighted by Crippen LogP contribution is 2.29. The quantitative estimate of drug-likeness (QED) is 0.880. The molecule has 0 saturated carbocycles.